The van der Waals surface area contributed by atoms with Crippen molar-refractivity contribution in [2.24, 2.45) is 0 Å². The molecule has 1 saturated heterocycles. The summed E-state index contributed by atoms with van der Waals surface area (Å²) < 4.78 is 11.1. The molecular weight excluding hydrogens is 226 g/mol. The second-order valence-electron chi connectivity index (χ2n) is 4.97. The SMILES string of the molecule is CCC1CC(Nc2ccc(C)cc2OC)CCO1. The van der Waals surface area contributed by atoms with Crippen LogP contribution in [-0.4, -0.2) is 25.9 Å². The fourth-order valence-corrected chi connectivity index (χ4v) is 2.43. The molecule has 0 amide bonds. The summed E-state index contributed by atoms with van der Waals surface area (Å²) in [6, 6.07) is 6.77. The molecule has 2 atom stereocenters. The van der Waals surface area contributed by atoms with Gasteiger partial charge in [-0.15, -0.1) is 0 Å². The van der Waals surface area contributed by atoms with Gasteiger partial charge in [0.15, 0.2) is 0 Å². The molecule has 0 bridgehead atoms. The van der Waals surface area contributed by atoms with Crippen molar-refractivity contribution in [3.63, 3.8) is 0 Å². The zero-order valence-corrected chi connectivity index (χ0v) is 11.5. The van der Waals surface area contributed by atoms with E-state index in [1.165, 1.54) is 5.56 Å². The van der Waals surface area contributed by atoms with E-state index in [1.807, 2.05) is 0 Å². The van der Waals surface area contributed by atoms with Crippen LogP contribution >= 0.6 is 0 Å². The quantitative estimate of drug-likeness (QED) is 0.887. The minimum Gasteiger partial charge on any atom is -0.495 e. The predicted molar refractivity (Wildman–Crippen MR) is 74.4 cm³/mol. The highest BCUT2D eigenvalue weighted by molar-refractivity contribution is 5.58. The standard InChI is InChI=1S/C15H23NO2/c1-4-13-10-12(7-8-18-13)16-14-6-5-11(2)9-15(14)17-3/h5-6,9,12-13,16H,4,7-8,10H2,1-3H3. The second kappa shape index (κ2) is 6.10. The molecule has 0 radical (unpaired) electrons. The summed E-state index contributed by atoms with van der Waals surface area (Å²) in [5.74, 6) is 0.926. The molecule has 1 aliphatic heterocycles. The van der Waals surface area contributed by atoms with E-state index >= 15 is 0 Å². The summed E-state index contributed by atoms with van der Waals surface area (Å²) in [5, 5.41) is 3.59. The molecule has 2 rings (SSSR count). The second-order valence-corrected chi connectivity index (χ2v) is 4.97. The third-order valence-corrected chi connectivity index (χ3v) is 3.54. The summed E-state index contributed by atoms with van der Waals surface area (Å²) >= 11 is 0. The van der Waals surface area contributed by atoms with Crippen LogP contribution in [0.15, 0.2) is 18.2 Å². The Balaban J connectivity index is 2.04. The van der Waals surface area contributed by atoms with E-state index in [1.54, 1.807) is 7.11 Å². The summed E-state index contributed by atoms with van der Waals surface area (Å²) in [7, 11) is 1.72. The van der Waals surface area contributed by atoms with E-state index in [0.29, 0.717) is 12.1 Å². The largest absolute Gasteiger partial charge is 0.495 e. The Kier molecular flexibility index (Phi) is 4.48. The van der Waals surface area contributed by atoms with Gasteiger partial charge in [-0.2, -0.15) is 0 Å². The van der Waals surface area contributed by atoms with Crippen molar-refractivity contribution in [2.75, 3.05) is 19.0 Å². The van der Waals surface area contributed by atoms with Crippen LogP contribution in [0.4, 0.5) is 5.69 Å². The Morgan fingerprint density at radius 1 is 1.44 bits per heavy atom. The fourth-order valence-electron chi connectivity index (χ4n) is 2.43. The molecule has 0 aromatic heterocycles. The molecule has 1 aromatic carbocycles. The van der Waals surface area contributed by atoms with Gasteiger partial charge in [0.1, 0.15) is 5.75 Å². The van der Waals surface area contributed by atoms with Crippen molar-refractivity contribution in [3.05, 3.63) is 23.8 Å². The van der Waals surface area contributed by atoms with Crippen LogP contribution in [0.5, 0.6) is 5.75 Å². The van der Waals surface area contributed by atoms with Gasteiger partial charge in [-0.25, -0.2) is 0 Å². The number of nitrogens with one attached hydrogen (secondary N) is 1. The maximum Gasteiger partial charge on any atom is 0.142 e. The minimum absolute atomic E-state index is 0.396. The third-order valence-electron chi connectivity index (χ3n) is 3.54. The van der Waals surface area contributed by atoms with Crippen molar-refractivity contribution in [1.29, 1.82) is 0 Å². The number of ether oxygens (including phenoxy) is 2. The van der Waals surface area contributed by atoms with Gasteiger partial charge in [-0.1, -0.05) is 13.0 Å². The van der Waals surface area contributed by atoms with Crippen LogP contribution in [0, 0.1) is 6.92 Å². The molecule has 3 heteroatoms. The smallest absolute Gasteiger partial charge is 0.142 e. The van der Waals surface area contributed by atoms with Crippen LogP contribution in [0.25, 0.3) is 0 Å². The van der Waals surface area contributed by atoms with Gasteiger partial charge >= 0.3 is 0 Å². The maximum absolute atomic E-state index is 5.70. The highest BCUT2D eigenvalue weighted by atomic mass is 16.5. The van der Waals surface area contributed by atoms with Crippen molar-refractivity contribution in [2.45, 2.75) is 45.3 Å². The predicted octanol–water partition coefficient (Wildman–Crippen LogP) is 3.37. The lowest BCUT2D eigenvalue weighted by atomic mass is 10.0. The van der Waals surface area contributed by atoms with E-state index < -0.39 is 0 Å². The molecule has 2 unspecified atom stereocenters. The van der Waals surface area contributed by atoms with Gasteiger partial charge in [0, 0.05) is 12.6 Å². The number of rotatable bonds is 4. The first-order chi connectivity index (χ1) is 8.72. The average molecular weight is 249 g/mol. The Labute approximate surface area is 109 Å². The Bertz CT molecular complexity index is 392. The Hall–Kier alpha value is -1.22. The molecule has 1 N–H and O–H groups in total. The first-order valence-corrected chi connectivity index (χ1v) is 6.75. The summed E-state index contributed by atoms with van der Waals surface area (Å²) in [6.07, 6.45) is 3.62. The Morgan fingerprint density at radius 3 is 3.00 bits per heavy atom. The first-order valence-electron chi connectivity index (χ1n) is 6.75. The Morgan fingerprint density at radius 2 is 2.28 bits per heavy atom. The van der Waals surface area contributed by atoms with Gasteiger partial charge in [0.2, 0.25) is 0 Å². The molecule has 1 aliphatic rings. The lowest BCUT2D eigenvalue weighted by Crippen LogP contribution is -2.33. The van der Waals surface area contributed by atoms with Crippen LogP contribution in [0.2, 0.25) is 0 Å². The van der Waals surface area contributed by atoms with Gasteiger partial charge < -0.3 is 14.8 Å². The van der Waals surface area contributed by atoms with E-state index in [9.17, 15) is 0 Å². The molecule has 0 saturated carbocycles. The maximum atomic E-state index is 5.70. The summed E-state index contributed by atoms with van der Waals surface area (Å²) in [6.45, 7) is 5.11. The minimum atomic E-state index is 0.396. The van der Waals surface area contributed by atoms with Gasteiger partial charge in [0.05, 0.1) is 18.9 Å². The number of hydrogen-bond acceptors (Lipinski definition) is 3. The monoisotopic (exact) mass is 249 g/mol. The van der Waals surface area contributed by atoms with Crippen molar-refractivity contribution < 1.29 is 9.47 Å². The lowest BCUT2D eigenvalue weighted by Gasteiger charge is -2.30. The topological polar surface area (TPSA) is 30.5 Å². The molecule has 1 aromatic rings. The van der Waals surface area contributed by atoms with Crippen molar-refractivity contribution in [3.8, 4) is 5.75 Å². The normalized spacial score (nSPS) is 23.7. The number of anilines is 1. The van der Waals surface area contributed by atoms with Gasteiger partial charge in [0.25, 0.3) is 0 Å². The molecule has 0 aliphatic carbocycles. The first kappa shape index (κ1) is 13.2. The summed E-state index contributed by atoms with van der Waals surface area (Å²) in [4.78, 5) is 0. The number of benzene rings is 1. The number of hydrogen-bond donors (Lipinski definition) is 1. The van der Waals surface area contributed by atoms with Crippen molar-refractivity contribution >= 4 is 5.69 Å². The van der Waals surface area contributed by atoms with E-state index in [-0.39, 0.29) is 0 Å². The van der Waals surface area contributed by atoms with Gasteiger partial charge in [-0.3, -0.25) is 0 Å². The highest BCUT2D eigenvalue weighted by Crippen LogP contribution is 2.28. The molecule has 1 heterocycles. The van der Waals surface area contributed by atoms with Crippen LogP contribution in [-0.2, 0) is 4.74 Å². The highest BCUT2D eigenvalue weighted by Gasteiger charge is 2.21. The molecule has 100 valence electrons. The summed E-state index contributed by atoms with van der Waals surface area (Å²) in [5.41, 5.74) is 2.31. The van der Waals surface area contributed by atoms with Crippen molar-refractivity contribution in [1.82, 2.24) is 0 Å². The van der Waals surface area contributed by atoms with Crippen LogP contribution in [0.3, 0.4) is 0 Å². The van der Waals surface area contributed by atoms with Crippen LogP contribution in [0.1, 0.15) is 31.7 Å². The zero-order chi connectivity index (χ0) is 13.0. The van der Waals surface area contributed by atoms with E-state index in [2.05, 4.69) is 37.4 Å². The zero-order valence-electron chi connectivity index (χ0n) is 11.5. The third kappa shape index (κ3) is 3.16. The number of methoxy groups -OCH3 is 1. The number of aryl methyl sites for hydroxylation is 1. The van der Waals surface area contributed by atoms with Crippen LogP contribution < -0.4 is 10.1 Å². The fraction of sp³-hybridized carbons (Fsp3) is 0.600. The van der Waals surface area contributed by atoms with E-state index in [4.69, 9.17) is 9.47 Å². The van der Waals surface area contributed by atoms with E-state index in [0.717, 1.165) is 37.3 Å². The average Bonchev–Trinajstić information content (AvgIpc) is 2.41. The van der Waals surface area contributed by atoms with Gasteiger partial charge in [-0.05, 0) is 43.9 Å². The molecule has 3 nitrogen and oxygen atoms in total. The lowest BCUT2D eigenvalue weighted by molar-refractivity contribution is 0.00923. The molecule has 0 spiro atoms. The molecule has 1 fully saturated rings. The molecular formula is C15H23NO2. The molecule has 18 heavy (non-hydrogen) atoms.